The van der Waals surface area contributed by atoms with E-state index in [9.17, 15) is 10.5 Å². The van der Waals surface area contributed by atoms with E-state index >= 15 is 0 Å². The molecule has 0 spiro atoms. The van der Waals surface area contributed by atoms with Crippen LogP contribution in [0.5, 0.6) is 5.75 Å². The van der Waals surface area contributed by atoms with E-state index in [-0.39, 0.29) is 0 Å². The molecule has 3 rings (SSSR count). The van der Waals surface area contributed by atoms with E-state index in [2.05, 4.69) is 49.1 Å². The van der Waals surface area contributed by atoms with E-state index in [1.165, 1.54) is 18.5 Å². The third-order valence-corrected chi connectivity index (χ3v) is 7.06. The lowest BCUT2D eigenvalue weighted by atomic mass is 9.86. The van der Waals surface area contributed by atoms with E-state index in [4.69, 9.17) is 9.47 Å². The van der Waals surface area contributed by atoms with Gasteiger partial charge in [0.25, 0.3) is 0 Å². The van der Waals surface area contributed by atoms with Gasteiger partial charge in [-0.1, -0.05) is 81.3 Å². The van der Waals surface area contributed by atoms with Crippen LogP contribution in [0.2, 0.25) is 0 Å². The van der Waals surface area contributed by atoms with Gasteiger partial charge >= 0.3 is 0 Å². The van der Waals surface area contributed by atoms with Gasteiger partial charge in [-0.15, -0.1) is 0 Å². The van der Waals surface area contributed by atoms with Crippen molar-refractivity contribution in [1.82, 2.24) is 0 Å². The van der Waals surface area contributed by atoms with Crippen molar-refractivity contribution in [3.63, 3.8) is 0 Å². The van der Waals surface area contributed by atoms with Crippen LogP contribution in [-0.4, -0.2) is 20.2 Å². The summed E-state index contributed by atoms with van der Waals surface area (Å²) >= 11 is 0. The van der Waals surface area contributed by atoms with E-state index in [1.807, 2.05) is 61.6 Å². The third kappa shape index (κ3) is 6.81. The van der Waals surface area contributed by atoms with Gasteiger partial charge in [0.05, 0.1) is 18.8 Å². The average Bonchev–Trinajstić information content (AvgIpc) is 3.27. The lowest BCUT2D eigenvalue weighted by Gasteiger charge is -2.27. The molecule has 0 N–H and O–H groups in total. The Labute approximate surface area is 234 Å². The fourth-order valence-electron chi connectivity index (χ4n) is 4.72. The van der Waals surface area contributed by atoms with Crippen LogP contribution in [0.4, 0.5) is 5.69 Å². The van der Waals surface area contributed by atoms with Gasteiger partial charge in [0, 0.05) is 36.0 Å². The highest BCUT2D eigenvalue weighted by atomic mass is 16.5. The molecule has 1 heterocycles. The van der Waals surface area contributed by atoms with Gasteiger partial charge in [-0.3, -0.25) is 0 Å². The standard InChI is InChI=1S/C34H39N3O2/c1-6-8-21-37(22-9-7-2)29-20-19-27(32(23-29)38-5)15-13-14-18-31-30(25-36)33(26(3)24-35)39-34(31,4)28-16-11-10-12-17-28/h10-20,23H,6-9,21-22H2,1-5H3/b15-13+,18-14+,33-26+. The minimum atomic E-state index is -0.885. The van der Waals surface area contributed by atoms with Crippen LogP contribution < -0.4 is 9.64 Å². The molecular formula is C34H39N3O2. The quantitative estimate of drug-likeness (QED) is 0.208. The molecule has 2 aromatic rings. The molecule has 0 saturated carbocycles. The lowest BCUT2D eigenvalue weighted by Crippen LogP contribution is -2.25. The Balaban J connectivity index is 1.93. The Morgan fingerprint density at radius 2 is 1.67 bits per heavy atom. The molecule has 5 nitrogen and oxygen atoms in total. The van der Waals surface area contributed by atoms with Gasteiger partial charge < -0.3 is 14.4 Å². The summed E-state index contributed by atoms with van der Waals surface area (Å²) in [6.45, 7) is 10.1. The summed E-state index contributed by atoms with van der Waals surface area (Å²) in [7, 11) is 1.70. The van der Waals surface area contributed by atoms with Crippen molar-refractivity contribution in [2.24, 2.45) is 0 Å². The fourth-order valence-corrected chi connectivity index (χ4v) is 4.72. The normalized spacial score (nSPS) is 18.2. The molecular weight excluding hydrogens is 482 g/mol. The van der Waals surface area contributed by atoms with Crippen LogP contribution in [-0.2, 0) is 10.3 Å². The first kappa shape index (κ1) is 29.3. The third-order valence-electron chi connectivity index (χ3n) is 7.06. The molecule has 1 unspecified atom stereocenters. The van der Waals surface area contributed by atoms with Crippen LogP contribution >= 0.6 is 0 Å². The first-order chi connectivity index (χ1) is 18.9. The Kier molecular flexibility index (Phi) is 10.6. The average molecular weight is 522 g/mol. The number of allylic oxidation sites excluding steroid dienone is 4. The van der Waals surface area contributed by atoms with Crippen molar-refractivity contribution in [2.75, 3.05) is 25.1 Å². The van der Waals surface area contributed by atoms with Crippen molar-refractivity contribution in [3.05, 3.63) is 100 Å². The van der Waals surface area contributed by atoms with Crippen molar-refractivity contribution in [2.45, 2.75) is 59.0 Å². The highest BCUT2D eigenvalue weighted by molar-refractivity contribution is 5.65. The molecule has 0 bridgehead atoms. The van der Waals surface area contributed by atoms with Crippen molar-refractivity contribution >= 4 is 11.8 Å². The molecule has 1 aliphatic heterocycles. The minimum absolute atomic E-state index is 0.336. The zero-order chi connectivity index (χ0) is 28.3. The zero-order valence-corrected chi connectivity index (χ0v) is 23.8. The predicted octanol–water partition coefficient (Wildman–Crippen LogP) is 8.23. The summed E-state index contributed by atoms with van der Waals surface area (Å²) in [4.78, 5) is 2.44. The molecule has 1 aliphatic rings. The summed E-state index contributed by atoms with van der Waals surface area (Å²) in [5.74, 6) is 1.16. The number of unbranched alkanes of at least 4 members (excludes halogenated alkanes) is 2. The Morgan fingerprint density at radius 1 is 1.00 bits per heavy atom. The highest BCUT2D eigenvalue weighted by Gasteiger charge is 2.43. The summed E-state index contributed by atoms with van der Waals surface area (Å²) in [5, 5.41) is 19.5. The van der Waals surface area contributed by atoms with E-state index in [1.54, 1.807) is 14.0 Å². The molecule has 0 radical (unpaired) electrons. The van der Waals surface area contributed by atoms with Gasteiger partial charge in [0.2, 0.25) is 0 Å². The molecule has 2 aromatic carbocycles. The number of nitriles is 2. The van der Waals surface area contributed by atoms with Crippen molar-refractivity contribution < 1.29 is 9.47 Å². The monoisotopic (exact) mass is 521 g/mol. The van der Waals surface area contributed by atoms with Crippen LogP contribution in [0.1, 0.15) is 64.5 Å². The van der Waals surface area contributed by atoms with E-state index in [0.717, 1.165) is 48.4 Å². The molecule has 39 heavy (non-hydrogen) atoms. The van der Waals surface area contributed by atoms with Crippen molar-refractivity contribution in [1.29, 1.82) is 10.5 Å². The summed E-state index contributed by atoms with van der Waals surface area (Å²) < 4.78 is 12.1. The first-order valence-corrected chi connectivity index (χ1v) is 13.7. The van der Waals surface area contributed by atoms with Gasteiger partial charge in [-0.2, -0.15) is 10.5 Å². The molecule has 5 heteroatoms. The Hall–Kier alpha value is -4.22. The number of anilines is 1. The number of nitrogens with zero attached hydrogens (tertiary/aromatic N) is 3. The number of methoxy groups -OCH3 is 1. The maximum atomic E-state index is 10.0. The molecule has 1 atom stereocenters. The topological polar surface area (TPSA) is 69.3 Å². The van der Waals surface area contributed by atoms with Gasteiger partial charge in [-0.05, 0) is 44.4 Å². The second-order valence-corrected chi connectivity index (χ2v) is 9.81. The fraction of sp³-hybridized carbons (Fsp3) is 0.353. The smallest absolute Gasteiger partial charge is 0.158 e. The van der Waals surface area contributed by atoms with Crippen molar-refractivity contribution in [3.8, 4) is 17.9 Å². The molecule has 0 aromatic heterocycles. The Bertz CT molecular complexity index is 1330. The second-order valence-electron chi connectivity index (χ2n) is 9.81. The number of rotatable bonds is 12. The second kappa shape index (κ2) is 14.1. The van der Waals surface area contributed by atoms with Crippen LogP contribution in [0.15, 0.2) is 89.2 Å². The van der Waals surface area contributed by atoms with Crippen LogP contribution in [0, 0.1) is 22.7 Å². The molecule has 202 valence electrons. The molecule has 0 aliphatic carbocycles. The number of benzene rings is 2. The lowest BCUT2D eigenvalue weighted by molar-refractivity contribution is 0.0750. The summed E-state index contributed by atoms with van der Waals surface area (Å²) in [6.07, 6.45) is 12.4. The maximum Gasteiger partial charge on any atom is 0.158 e. The Morgan fingerprint density at radius 3 is 2.26 bits per heavy atom. The van der Waals surface area contributed by atoms with E-state index < -0.39 is 5.60 Å². The highest BCUT2D eigenvalue weighted by Crippen LogP contribution is 2.46. The predicted molar refractivity (Wildman–Crippen MR) is 159 cm³/mol. The van der Waals surface area contributed by atoms with Crippen LogP contribution in [0.25, 0.3) is 6.08 Å². The van der Waals surface area contributed by atoms with Gasteiger partial charge in [-0.25, -0.2) is 0 Å². The molecule has 0 fully saturated rings. The first-order valence-electron chi connectivity index (χ1n) is 13.7. The SMILES string of the molecule is CCCCN(CCCC)c1ccc(/C=C/C=C/C2=C(C#N)C(=C(/C)C#N)/OC2(C)c2ccccc2)c(OC)c1. The van der Waals surface area contributed by atoms with Gasteiger partial charge in [0.15, 0.2) is 11.4 Å². The van der Waals surface area contributed by atoms with Gasteiger partial charge in [0.1, 0.15) is 17.4 Å². The number of hydrogen-bond acceptors (Lipinski definition) is 5. The number of hydrogen-bond donors (Lipinski definition) is 0. The summed E-state index contributed by atoms with van der Waals surface area (Å²) in [5.41, 5.74) is 3.66. The van der Waals surface area contributed by atoms with Crippen LogP contribution in [0.3, 0.4) is 0 Å². The molecule has 0 saturated heterocycles. The zero-order valence-electron chi connectivity index (χ0n) is 23.8. The van der Waals surface area contributed by atoms with E-state index in [0.29, 0.717) is 16.9 Å². The summed E-state index contributed by atoms with van der Waals surface area (Å²) in [6, 6.07) is 20.5. The maximum absolute atomic E-state index is 10.0. The minimum Gasteiger partial charge on any atom is -0.496 e. The largest absolute Gasteiger partial charge is 0.496 e. The number of ether oxygens (including phenoxy) is 2. The molecule has 0 amide bonds.